The summed E-state index contributed by atoms with van der Waals surface area (Å²) in [5, 5.41) is 3.85. The van der Waals surface area contributed by atoms with Crippen molar-refractivity contribution < 1.29 is 4.79 Å². The Morgan fingerprint density at radius 3 is 1.46 bits per heavy atom. The fourth-order valence-electron chi connectivity index (χ4n) is 12.5. The van der Waals surface area contributed by atoms with Gasteiger partial charge in [-0.05, 0) is 110 Å². The predicted octanol–water partition coefficient (Wildman–Crippen LogP) is 6.24. The molecule has 2 nitrogen and oxygen atoms in total. The second kappa shape index (κ2) is 4.70. The van der Waals surface area contributed by atoms with Crippen molar-refractivity contribution in [3.63, 3.8) is 0 Å². The Hall–Kier alpha value is -0.530. The normalized spacial score (nSPS) is 63.7. The molecule has 2 unspecified atom stereocenters. The van der Waals surface area contributed by atoms with Gasteiger partial charge in [-0.3, -0.25) is 4.79 Å². The standard InChI is InChI=1S/C26H41NO/c1-20-6-18-7-21(2,9-20)14-25(8-18,13-20)19(28)27-26-15-22(3)10-23(4,16-26)12-24(5,11-22)17-26/h18H,6-17H2,1-5H3,(H,27,28). The maximum absolute atomic E-state index is 14.1. The van der Waals surface area contributed by atoms with Crippen LogP contribution in [0.25, 0.3) is 0 Å². The second-order valence-corrected chi connectivity index (χ2v) is 15.1. The van der Waals surface area contributed by atoms with Gasteiger partial charge in [-0.2, -0.15) is 0 Å². The first-order valence-electron chi connectivity index (χ1n) is 12.1. The zero-order valence-electron chi connectivity index (χ0n) is 19.0. The molecule has 0 radical (unpaired) electrons. The van der Waals surface area contributed by atoms with Crippen LogP contribution >= 0.6 is 0 Å². The topological polar surface area (TPSA) is 29.1 Å². The molecular weight excluding hydrogens is 342 g/mol. The number of amides is 1. The van der Waals surface area contributed by atoms with E-state index in [1.807, 2.05) is 0 Å². The van der Waals surface area contributed by atoms with E-state index in [4.69, 9.17) is 0 Å². The SMILES string of the molecule is CC12CC3(C)CC(C)(C1)CC(NC(=O)C14CC5CC(C)(CC(C)(C5)C1)C4)(C2)C3. The third kappa shape index (κ3) is 2.41. The first kappa shape index (κ1) is 18.3. The summed E-state index contributed by atoms with van der Waals surface area (Å²) in [4.78, 5) is 14.1. The highest BCUT2D eigenvalue weighted by Crippen LogP contribution is 2.72. The first-order valence-corrected chi connectivity index (χ1v) is 12.1. The molecule has 0 saturated heterocycles. The van der Waals surface area contributed by atoms with Crippen LogP contribution in [0.4, 0.5) is 0 Å². The van der Waals surface area contributed by atoms with Crippen molar-refractivity contribution in [2.75, 3.05) is 0 Å². The van der Waals surface area contributed by atoms with Crippen LogP contribution in [0.1, 0.15) is 112 Å². The maximum atomic E-state index is 14.1. The molecule has 28 heavy (non-hydrogen) atoms. The second-order valence-electron chi connectivity index (χ2n) is 15.1. The van der Waals surface area contributed by atoms with E-state index in [1.165, 1.54) is 64.2 Å². The van der Waals surface area contributed by atoms with Crippen molar-refractivity contribution >= 4 is 5.91 Å². The van der Waals surface area contributed by atoms with Crippen LogP contribution in [0.2, 0.25) is 0 Å². The lowest BCUT2D eigenvalue weighted by molar-refractivity contribution is -0.185. The van der Waals surface area contributed by atoms with E-state index >= 15 is 0 Å². The highest BCUT2D eigenvalue weighted by atomic mass is 16.2. The lowest BCUT2D eigenvalue weighted by Gasteiger charge is -2.70. The predicted molar refractivity (Wildman–Crippen MR) is 113 cm³/mol. The summed E-state index contributed by atoms with van der Waals surface area (Å²) in [5.74, 6) is 1.26. The molecule has 8 aliphatic rings. The Morgan fingerprint density at radius 1 is 0.607 bits per heavy atom. The molecule has 8 saturated carbocycles. The van der Waals surface area contributed by atoms with Gasteiger partial charge in [-0.1, -0.05) is 34.6 Å². The number of carbonyl (C=O) groups is 1. The van der Waals surface area contributed by atoms with Crippen molar-refractivity contribution in [1.29, 1.82) is 0 Å². The van der Waals surface area contributed by atoms with Gasteiger partial charge < -0.3 is 5.32 Å². The van der Waals surface area contributed by atoms with Gasteiger partial charge in [-0.25, -0.2) is 0 Å². The Balaban J connectivity index is 1.33. The van der Waals surface area contributed by atoms with Crippen molar-refractivity contribution in [3.05, 3.63) is 0 Å². The van der Waals surface area contributed by atoms with Crippen LogP contribution in [0.5, 0.6) is 0 Å². The van der Waals surface area contributed by atoms with E-state index in [9.17, 15) is 4.79 Å². The fraction of sp³-hybridized carbons (Fsp3) is 0.962. The molecule has 0 aromatic rings. The molecule has 1 N–H and O–H groups in total. The van der Waals surface area contributed by atoms with Crippen LogP contribution in [0.3, 0.4) is 0 Å². The third-order valence-corrected chi connectivity index (χ3v) is 10.3. The Bertz CT molecular complexity index is 695. The smallest absolute Gasteiger partial charge is 0.226 e. The number of nitrogens with one attached hydrogen (secondary N) is 1. The lowest BCUT2D eigenvalue weighted by Crippen LogP contribution is -2.70. The van der Waals surface area contributed by atoms with Crippen LogP contribution in [0.15, 0.2) is 0 Å². The summed E-state index contributed by atoms with van der Waals surface area (Å²) in [5.41, 5.74) is 2.15. The molecule has 0 aromatic heterocycles. The highest BCUT2D eigenvalue weighted by Gasteiger charge is 2.67. The molecule has 1 amide bonds. The number of hydrogen-bond donors (Lipinski definition) is 1. The summed E-state index contributed by atoms with van der Waals surface area (Å²) >= 11 is 0. The van der Waals surface area contributed by atoms with Gasteiger partial charge in [0.1, 0.15) is 0 Å². The minimum absolute atomic E-state index is 0.0606. The van der Waals surface area contributed by atoms with E-state index in [2.05, 4.69) is 39.9 Å². The zero-order chi connectivity index (χ0) is 19.8. The van der Waals surface area contributed by atoms with Crippen molar-refractivity contribution in [2.24, 2.45) is 38.4 Å². The molecule has 8 fully saturated rings. The lowest BCUT2D eigenvalue weighted by atomic mass is 9.38. The molecule has 8 rings (SSSR count). The summed E-state index contributed by atoms with van der Waals surface area (Å²) in [7, 11) is 0. The van der Waals surface area contributed by atoms with Gasteiger partial charge in [-0.15, -0.1) is 0 Å². The van der Waals surface area contributed by atoms with E-state index in [1.54, 1.807) is 0 Å². The van der Waals surface area contributed by atoms with Gasteiger partial charge in [0, 0.05) is 5.54 Å². The highest BCUT2D eigenvalue weighted by molar-refractivity contribution is 5.84. The number of rotatable bonds is 2. The minimum Gasteiger partial charge on any atom is -0.350 e. The van der Waals surface area contributed by atoms with Gasteiger partial charge in [0.2, 0.25) is 5.91 Å². The quantitative estimate of drug-likeness (QED) is 0.601. The van der Waals surface area contributed by atoms with Crippen molar-refractivity contribution in [3.8, 4) is 0 Å². The molecule has 0 aliphatic heterocycles. The van der Waals surface area contributed by atoms with E-state index in [-0.39, 0.29) is 11.0 Å². The molecular formula is C26H41NO. The van der Waals surface area contributed by atoms with Crippen LogP contribution in [0, 0.1) is 38.4 Å². The molecule has 8 bridgehead atoms. The van der Waals surface area contributed by atoms with E-state index in [0.717, 1.165) is 18.8 Å². The molecule has 2 atom stereocenters. The van der Waals surface area contributed by atoms with Crippen LogP contribution in [-0.4, -0.2) is 11.4 Å². The first-order chi connectivity index (χ1) is 12.8. The third-order valence-electron chi connectivity index (χ3n) is 10.3. The van der Waals surface area contributed by atoms with Crippen molar-refractivity contribution in [1.82, 2.24) is 5.32 Å². The molecule has 2 heteroatoms. The zero-order valence-corrected chi connectivity index (χ0v) is 19.0. The van der Waals surface area contributed by atoms with Gasteiger partial charge in [0.15, 0.2) is 0 Å². The van der Waals surface area contributed by atoms with E-state index < -0.39 is 0 Å². The molecule has 0 spiro atoms. The molecule has 156 valence electrons. The average molecular weight is 384 g/mol. The summed E-state index contributed by atoms with van der Waals surface area (Å²) < 4.78 is 0. The molecule has 8 aliphatic carbocycles. The monoisotopic (exact) mass is 383 g/mol. The van der Waals surface area contributed by atoms with Crippen LogP contribution in [-0.2, 0) is 4.79 Å². The molecule has 0 heterocycles. The number of carbonyl (C=O) groups excluding carboxylic acids is 1. The Labute approximate surface area is 172 Å². The Kier molecular flexibility index (Phi) is 3.06. The van der Waals surface area contributed by atoms with Crippen LogP contribution < -0.4 is 5.32 Å². The summed E-state index contributed by atoms with van der Waals surface area (Å²) in [6.07, 6.45) is 15.4. The molecule has 0 aromatic carbocycles. The van der Waals surface area contributed by atoms with Gasteiger partial charge >= 0.3 is 0 Å². The largest absolute Gasteiger partial charge is 0.350 e. The minimum atomic E-state index is -0.0606. The van der Waals surface area contributed by atoms with Gasteiger partial charge in [0.05, 0.1) is 5.41 Å². The average Bonchev–Trinajstić information content (AvgIpc) is 2.36. The van der Waals surface area contributed by atoms with E-state index in [0.29, 0.717) is 33.0 Å². The summed E-state index contributed by atoms with van der Waals surface area (Å²) in [6, 6.07) is 0. The van der Waals surface area contributed by atoms with Crippen molar-refractivity contribution in [2.45, 2.75) is 117 Å². The number of hydrogen-bond acceptors (Lipinski definition) is 1. The maximum Gasteiger partial charge on any atom is 0.226 e. The Morgan fingerprint density at radius 2 is 1.04 bits per heavy atom. The van der Waals surface area contributed by atoms with Gasteiger partial charge in [0.25, 0.3) is 0 Å². The fourth-order valence-corrected chi connectivity index (χ4v) is 12.5. The summed E-state index contributed by atoms with van der Waals surface area (Å²) in [6.45, 7) is 12.6.